The van der Waals surface area contributed by atoms with Crippen LogP contribution in [0.4, 0.5) is 43.9 Å². The van der Waals surface area contributed by atoms with Crippen LogP contribution in [0.2, 0.25) is 0 Å². The predicted octanol–water partition coefficient (Wildman–Crippen LogP) is 11.2. The van der Waals surface area contributed by atoms with Gasteiger partial charge in [-0.25, -0.2) is 54.3 Å². The van der Waals surface area contributed by atoms with Crippen molar-refractivity contribution in [3.8, 4) is 22.5 Å². The van der Waals surface area contributed by atoms with E-state index >= 15 is 0 Å². The minimum absolute atomic E-state index is 0. The van der Waals surface area contributed by atoms with Gasteiger partial charge < -0.3 is 5.32 Å². The van der Waals surface area contributed by atoms with Gasteiger partial charge in [-0.15, -0.1) is 12.4 Å². The number of pyridine rings is 2. The summed E-state index contributed by atoms with van der Waals surface area (Å²) >= 11 is 6.69. The number of aryl methyl sites for hydroxylation is 2. The summed E-state index contributed by atoms with van der Waals surface area (Å²) < 4.78 is 179. The van der Waals surface area contributed by atoms with Crippen molar-refractivity contribution in [2.24, 2.45) is 0 Å². The molecule has 0 bridgehead atoms. The van der Waals surface area contributed by atoms with Crippen molar-refractivity contribution >= 4 is 85.6 Å². The second kappa shape index (κ2) is 26.4. The lowest BCUT2D eigenvalue weighted by Crippen LogP contribution is -2.44. The Morgan fingerprint density at radius 1 is 0.641 bits per heavy atom. The summed E-state index contributed by atoms with van der Waals surface area (Å²) in [6.07, 6.45) is -4.46. The van der Waals surface area contributed by atoms with Gasteiger partial charge in [-0.3, -0.25) is 19.6 Å². The molecule has 2 aliphatic heterocycles. The van der Waals surface area contributed by atoms with E-state index in [-0.39, 0.29) is 77.4 Å². The Hall–Kier alpha value is -5.10. The number of hydrogen-bond acceptors (Lipinski definition) is 13. The number of nitrogens with zero attached hydrogens (tertiary/aromatic N) is 7. The number of aromatic nitrogens is 6. The van der Waals surface area contributed by atoms with Crippen LogP contribution in [0.15, 0.2) is 117 Å². The summed E-state index contributed by atoms with van der Waals surface area (Å²) in [5.41, 5.74) is 2.55. The maximum Gasteiger partial charge on any atom is 0.451 e. The first-order valence-electron chi connectivity index (χ1n) is 22.6. The number of benzene rings is 2. The molecular formula is C48H42Br2Cl2F10N8O6S2. The van der Waals surface area contributed by atoms with Gasteiger partial charge in [0.1, 0.15) is 29.8 Å². The van der Waals surface area contributed by atoms with Gasteiger partial charge in [0, 0.05) is 99.7 Å². The lowest BCUT2D eigenvalue weighted by Gasteiger charge is -2.26. The van der Waals surface area contributed by atoms with Crippen LogP contribution < -0.4 is 5.32 Å². The van der Waals surface area contributed by atoms with E-state index in [4.69, 9.17) is 10.7 Å². The minimum atomic E-state index is -4.69. The fourth-order valence-electron chi connectivity index (χ4n) is 7.82. The van der Waals surface area contributed by atoms with Gasteiger partial charge in [0.05, 0.1) is 39.3 Å². The number of carbonyl (C=O) groups excluding carboxylic acids is 2. The summed E-state index contributed by atoms with van der Waals surface area (Å²) in [4.78, 5) is 46.8. The van der Waals surface area contributed by atoms with E-state index in [1.165, 1.54) is 19.3 Å². The molecule has 2 fully saturated rings. The SMILES string of the molecule is C[C@@H]1N[C@H](C(=O)CCc2cc(-c3cnc(C(F)(F)F)nc3)ncc2Br)C[C@H]1F.C[C@H]1[C@H](F)C[C@@H](C(=O)CCc2cc(-c3cnc(C(F)(F)F)nc3)ncc2Br)N1S(=O)(=O)c1ccc(F)cc1.Cl.O=S(=O)(Cl)c1ccc(F)cc1. The maximum absolute atomic E-state index is 14.6. The number of carbonyl (C=O) groups is 2. The summed E-state index contributed by atoms with van der Waals surface area (Å²) in [5, 5.41) is 2.95. The van der Waals surface area contributed by atoms with E-state index in [1.807, 2.05) is 0 Å². The molecular weight excluding hydrogens is 1270 g/mol. The molecule has 0 unspecified atom stereocenters. The fraction of sp³-hybridized carbons (Fsp3) is 0.333. The lowest BCUT2D eigenvalue weighted by molar-refractivity contribution is -0.145. The van der Waals surface area contributed by atoms with Gasteiger partial charge in [-0.2, -0.15) is 30.6 Å². The van der Waals surface area contributed by atoms with E-state index in [9.17, 15) is 70.3 Å². The first-order valence-corrected chi connectivity index (χ1v) is 27.9. The number of rotatable bonds is 13. The van der Waals surface area contributed by atoms with Crippen LogP contribution in [0.1, 0.15) is 62.3 Å². The van der Waals surface area contributed by atoms with Crippen LogP contribution in [-0.2, 0) is 53.9 Å². The molecule has 6 heterocycles. The third kappa shape index (κ3) is 16.5. The van der Waals surface area contributed by atoms with Crippen molar-refractivity contribution in [3.63, 3.8) is 0 Å². The van der Waals surface area contributed by atoms with E-state index in [0.29, 0.717) is 32.2 Å². The number of Topliss-reactive ketones (excluding diaryl/α,β-unsaturated/α-hetero) is 2. The van der Waals surface area contributed by atoms with Crippen molar-refractivity contribution in [1.82, 2.24) is 39.5 Å². The molecule has 2 aliphatic rings. The number of halogens is 14. The molecule has 1 N–H and O–H groups in total. The van der Waals surface area contributed by atoms with Crippen molar-refractivity contribution in [2.75, 3.05) is 0 Å². The van der Waals surface area contributed by atoms with Gasteiger partial charge in [0.25, 0.3) is 9.05 Å². The quantitative estimate of drug-likeness (QED) is 0.0848. The van der Waals surface area contributed by atoms with Crippen LogP contribution in [-0.4, -0.2) is 99.1 Å². The van der Waals surface area contributed by atoms with E-state index in [1.54, 1.807) is 19.1 Å². The Bertz CT molecular complexity index is 3280. The zero-order valence-electron chi connectivity index (χ0n) is 40.2. The number of alkyl halides is 8. The lowest BCUT2D eigenvalue weighted by atomic mass is 10.0. The number of hydrogen-bond donors (Lipinski definition) is 1. The first kappa shape index (κ1) is 63.7. The highest BCUT2D eigenvalue weighted by Gasteiger charge is 2.49. The highest BCUT2D eigenvalue weighted by atomic mass is 79.9. The van der Waals surface area contributed by atoms with Crippen molar-refractivity contribution in [1.29, 1.82) is 0 Å². The summed E-state index contributed by atoms with van der Waals surface area (Å²) in [6.45, 7) is 3.08. The van der Waals surface area contributed by atoms with Crippen LogP contribution >= 0.6 is 54.9 Å². The maximum atomic E-state index is 14.6. The smallest absolute Gasteiger partial charge is 0.302 e. The Balaban J connectivity index is 0.000000245. The Morgan fingerprint density at radius 2 is 1.05 bits per heavy atom. The average molecular weight is 1310 g/mol. The molecule has 2 saturated heterocycles. The van der Waals surface area contributed by atoms with Gasteiger partial charge in [-0.1, -0.05) is 0 Å². The van der Waals surface area contributed by atoms with Gasteiger partial charge in [0.15, 0.2) is 5.78 Å². The van der Waals surface area contributed by atoms with Crippen LogP contribution in [0.25, 0.3) is 22.5 Å². The van der Waals surface area contributed by atoms with Crippen LogP contribution in [0, 0.1) is 11.6 Å². The van der Waals surface area contributed by atoms with E-state index in [0.717, 1.165) is 83.2 Å². The minimum Gasteiger partial charge on any atom is -0.302 e. The predicted molar refractivity (Wildman–Crippen MR) is 273 cm³/mol. The van der Waals surface area contributed by atoms with Gasteiger partial charge in [-0.05, 0) is 130 Å². The van der Waals surface area contributed by atoms with Crippen molar-refractivity contribution in [3.05, 3.63) is 141 Å². The molecule has 6 atom stereocenters. The molecule has 0 saturated carbocycles. The highest BCUT2D eigenvalue weighted by molar-refractivity contribution is 9.10. The Morgan fingerprint density at radius 3 is 1.44 bits per heavy atom. The zero-order valence-corrected chi connectivity index (χ0v) is 46.5. The molecule has 4 aromatic heterocycles. The molecule has 2 aromatic carbocycles. The summed E-state index contributed by atoms with van der Waals surface area (Å²) in [5.74, 6) is -4.22. The molecule has 14 nitrogen and oxygen atoms in total. The van der Waals surface area contributed by atoms with Crippen molar-refractivity contribution in [2.45, 2.75) is 111 Å². The van der Waals surface area contributed by atoms with Crippen molar-refractivity contribution < 1.29 is 70.3 Å². The third-order valence-electron chi connectivity index (χ3n) is 11.9. The molecule has 0 radical (unpaired) electrons. The highest BCUT2D eigenvalue weighted by Crippen LogP contribution is 2.36. The van der Waals surface area contributed by atoms with Crippen LogP contribution in [0.5, 0.6) is 0 Å². The number of nitrogens with one attached hydrogen (secondary N) is 1. The second-order valence-corrected chi connectivity index (χ2v) is 23.4. The topological polar surface area (TPSA) is 195 Å². The molecule has 0 aliphatic carbocycles. The van der Waals surface area contributed by atoms with Crippen LogP contribution in [0.3, 0.4) is 0 Å². The molecule has 6 aromatic rings. The molecule has 78 heavy (non-hydrogen) atoms. The molecule has 0 spiro atoms. The van der Waals surface area contributed by atoms with E-state index in [2.05, 4.69) is 67.1 Å². The number of sulfonamides is 1. The monoisotopic (exact) mass is 1310 g/mol. The molecule has 8 rings (SSSR count). The molecule has 30 heteroatoms. The normalized spacial score (nSPS) is 19.7. The third-order valence-corrected chi connectivity index (χ3v) is 16.8. The average Bonchev–Trinajstić information content (AvgIpc) is 3.88. The number of ketones is 2. The summed E-state index contributed by atoms with van der Waals surface area (Å²) in [7, 11) is -3.04. The van der Waals surface area contributed by atoms with Gasteiger partial charge >= 0.3 is 12.4 Å². The van der Waals surface area contributed by atoms with Gasteiger partial charge in [0.2, 0.25) is 21.7 Å². The zero-order chi connectivity index (χ0) is 56.8. The summed E-state index contributed by atoms with van der Waals surface area (Å²) in [6, 6.07) is 8.39. The first-order chi connectivity index (χ1) is 35.9. The fourth-order valence-corrected chi connectivity index (χ4v) is 11.2. The standard InChI is InChI=1S/C24H20BrF5N4O3S.C18H17BrF4N4O.C6H4ClFO2S.ClH/c1-13-19(27)9-21(34(13)38(36,37)17-5-3-16(26)4-6-17)22(35)7-2-14-8-20(31-12-18(14)25)15-10-32-23(33-11-15)24(28,29)30;1-9-13(20)5-15(27-9)16(28)3-2-10-4-14(24-8-12(10)19)11-6-25-17(26-7-11)18(21,22)23;7-11(9,10)6-3-1-5(8)2-4-6;/h3-6,8,10-13,19,21H,2,7,9H2,1H3;4,6-9,13,15,27H,2-3,5H2,1H3;1-4H;1H/t13-,19+,21-;9-,13+,15-;;/m00../s1. The van der Waals surface area contributed by atoms with E-state index < -0.39 is 91.0 Å². The second-order valence-electron chi connectivity index (χ2n) is 17.3. The Kier molecular flexibility index (Phi) is 21.6. The Labute approximate surface area is 467 Å². The molecule has 0 amide bonds. The molecule has 420 valence electrons. The largest absolute Gasteiger partial charge is 0.451 e.